The molecule has 0 aliphatic carbocycles. The summed E-state index contributed by atoms with van der Waals surface area (Å²) in [5, 5.41) is 13.2. The Hall–Kier alpha value is -0.800. The van der Waals surface area contributed by atoms with Gasteiger partial charge in [-0.25, -0.2) is 4.98 Å². The lowest BCUT2D eigenvalue weighted by atomic mass is 9.83. The summed E-state index contributed by atoms with van der Waals surface area (Å²) in [7, 11) is 0. The van der Waals surface area contributed by atoms with Crippen LogP contribution in [0.25, 0.3) is 0 Å². The molecule has 0 atom stereocenters. The fraction of sp³-hybridized carbons (Fsp3) is 0.583. The highest BCUT2D eigenvalue weighted by Crippen LogP contribution is 2.26. The summed E-state index contributed by atoms with van der Waals surface area (Å²) in [5.74, 6) is 0. The maximum absolute atomic E-state index is 9.42. The van der Waals surface area contributed by atoms with E-state index in [2.05, 4.69) is 24.1 Å². The lowest BCUT2D eigenvalue weighted by Crippen LogP contribution is -2.32. The van der Waals surface area contributed by atoms with E-state index in [0.717, 1.165) is 25.1 Å². The summed E-state index contributed by atoms with van der Waals surface area (Å²) in [6.07, 6.45) is 3.61. The molecule has 0 radical (unpaired) electrons. The summed E-state index contributed by atoms with van der Waals surface area (Å²) >= 11 is 5.70. The number of aliphatic hydroxyl groups is 1. The molecule has 0 unspecified atom stereocenters. The standard InChI is InChI=1S/C12H19ClN2O/c1-3-12(4-2,9-16)8-15-10-5-6-11(13)14-7-10/h5-7,15-16H,3-4,8-9H2,1-2H3. The van der Waals surface area contributed by atoms with Gasteiger partial charge in [0.1, 0.15) is 5.15 Å². The van der Waals surface area contributed by atoms with Crippen molar-refractivity contribution < 1.29 is 5.11 Å². The first kappa shape index (κ1) is 13.3. The van der Waals surface area contributed by atoms with E-state index in [4.69, 9.17) is 11.6 Å². The fourth-order valence-corrected chi connectivity index (χ4v) is 1.66. The summed E-state index contributed by atoms with van der Waals surface area (Å²) in [5.41, 5.74) is 0.892. The molecule has 0 amide bonds. The lowest BCUT2D eigenvalue weighted by Gasteiger charge is -2.29. The number of nitrogens with one attached hydrogen (secondary N) is 1. The predicted octanol–water partition coefficient (Wildman–Crippen LogP) is 2.95. The Labute approximate surface area is 102 Å². The van der Waals surface area contributed by atoms with E-state index in [1.165, 1.54) is 0 Å². The SMILES string of the molecule is CCC(CC)(CO)CNc1ccc(Cl)nc1. The molecule has 0 aliphatic rings. The van der Waals surface area contributed by atoms with Crippen molar-refractivity contribution in [2.24, 2.45) is 5.41 Å². The van der Waals surface area contributed by atoms with Gasteiger partial charge in [-0.2, -0.15) is 0 Å². The molecule has 0 spiro atoms. The smallest absolute Gasteiger partial charge is 0.129 e. The second kappa shape index (κ2) is 6.06. The van der Waals surface area contributed by atoms with Crippen LogP contribution in [0.4, 0.5) is 5.69 Å². The van der Waals surface area contributed by atoms with Gasteiger partial charge < -0.3 is 10.4 Å². The summed E-state index contributed by atoms with van der Waals surface area (Å²) in [6, 6.07) is 3.64. The van der Waals surface area contributed by atoms with Crippen LogP contribution in [-0.2, 0) is 0 Å². The van der Waals surface area contributed by atoms with Gasteiger partial charge in [0.2, 0.25) is 0 Å². The van der Waals surface area contributed by atoms with Crippen molar-refractivity contribution in [2.45, 2.75) is 26.7 Å². The molecule has 0 fully saturated rings. The Morgan fingerprint density at radius 3 is 2.50 bits per heavy atom. The van der Waals surface area contributed by atoms with Crippen molar-refractivity contribution in [3.05, 3.63) is 23.5 Å². The van der Waals surface area contributed by atoms with Crippen LogP contribution >= 0.6 is 11.6 Å². The Kier molecular flexibility index (Phi) is 5.03. The van der Waals surface area contributed by atoms with Crippen molar-refractivity contribution in [1.29, 1.82) is 0 Å². The van der Waals surface area contributed by atoms with Crippen LogP contribution in [0.3, 0.4) is 0 Å². The summed E-state index contributed by atoms with van der Waals surface area (Å²) < 4.78 is 0. The Balaban J connectivity index is 2.58. The van der Waals surface area contributed by atoms with Crippen LogP contribution < -0.4 is 5.32 Å². The Morgan fingerprint density at radius 1 is 1.38 bits per heavy atom. The number of rotatable bonds is 6. The first-order chi connectivity index (χ1) is 7.65. The first-order valence-corrected chi connectivity index (χ1v) is 6.00. The third-order valence-electron chi connectivity index (χ3n) is 3.23. The molecular weight excluding hydrogens is 224 g/mol. The molecule has 4 heteroatoms. The van der Waals surface area contributed by atoms with Gasteiger partial charge in [0.25, 0.3) is 0 Å². The molecule has 90 valence electrons. The van der Waals surface area contributed by atoms with Gasteiger partial charge in [0.15, 0.2) is 0 Å². The average Bonchev–Trinajstić information content (AvgIpc) is 2.34. The van der Waals surface area contributed by atoms with Gasteiger partial charge in [-0.3, -0.25) is 0 Å². The highest BCUT2D eigenvalue weighted by Gasteiger charge is 2.24. The number of halogens is 1. The largest absolute Gasteiger partial charge is 0.396 e. The van der Waals surface area contributed by atoms with Crippen LogP contribution in [0.2, 0.25) is 5.15 Å². The van der Waals surface area contributed by atoms with Crippen LogP contribution in [0, 0.1) is 5.41 Å². The molecule has 0 saturated carbocycles. The van der Waals surface area contributed by atoms with Gasteiger partial charge in [-0.15, -0.1) is 0 Å². The molecule has 1 aromatic heterocycles. The van der Waals surface area contributed by atoms with Gasteiger partial charge in [0, 0.05) is 12.0 Å². The molecule has 0 aromatic carbocycles. The third-order valence-corrected chi connectivity index (χ3v) is 3.45. The van der Waals surface area contributed by atoms with Crippen LogP contribution in [0.5, 0.6) is 0 Å². The second-order valence-electron chi connectivity index (χ2n) is 4.09. The topological polar surface area (TPSA) is 45.1 Å². The minimum atomic E-state index is -0.0420. The molecule has 1 heterocycles. The molecule has 0 bridgehead atoms. The minimum Gasteiger partial charge on any atom is -0.396 e. The zero-order valence-electron chi connectivity index (χ0n) is 9.83. The summed E-state index contributed by atoms with van der Waals surface area (Å²) in [6.45, 7) is 5.15. The number of hydrogen-bond acceptors (Lipinski definition) is 3. The highest BCUT2D eigenvalue weighted by atomic mass is 35.5. The van der Waals surface area contributed by atoms with E-state index < -0.39 is 0 Å². The normalized spacial score (nSPS) is 11.5. The van der Waals surface area contributed by atoms with E-state index in [1.807, 2.05) is 6.07 Å². The van der Waals surface area contributed by atoms with Gasteiger partial charge in [-0.1, -0.05) is 25.4 Å². The lowest BCUT2D eigenvalue weighted by molar-refractivity contribution is 0.127. The molecule has 3 nitrogen and oxygen atoms in total. The third kappa shape index (κ3) is 3.35. The molecular formula is C12H19ClN2O. The van der Waals surface area contributed by atoms with Crippen molar-refractivity contribution in [3.63, 3.8) is 0 Å². The minimum absolute atomic E-state index is 0.0420. The molecule has 0 aliphatic heterocycles. The highest BCUT2D eigenvalue weighted by molar-refractivity contribution is 6.29. The Bertz CT molecular complexity index is 301. The monoisotopic (exact) mass is 242 g/mol. The average molecular weight is 243 g/mol. The maximum atomic E-state index is 9.42. The molecule has 16 heavy (non-hydrogen) atoms. The number of anilines is 1. The van der Waals surface area contributed by atoms with E-state index >= 15 is 0 Å². The van der Waals surface area contributed by atoms with Crippen molar-refractivity contribution in [1.82, 2.24) is 4.98 Å². The van der Waals surface area contributed by atoms with E-state index in [9.17, 15) is 5.11 Å². The predicted molar refractivity (Wildman–Crippen MR) is 67.8 cm³/mol. The fourth-order valence-electron chi connectivity index (χ4n) is 1.55. The zero-order chi connectivity index (χ0) is 12.0. The maximum Gasteiger partial charge on any atom is 0.129 e. The number of pyridine rings is 1. The quantitative estimate of drug-likeness (QED) is 0.754. The Morgan fingerprint density at radius 2 is 2.06 bits per heavy atom. The van der Waals surface area contributed by atoms with Crippen LogP contribution in [0.1, 0.15) is 26.7 Å². The molecule has 1 rings (SSSR count). The molecule has 2 N–H and O–H groups in total. The zero-order valence-corrected chi connectivity index (χ0v) is 10.6. The van der Waals surface area contributed by atoms with E-state index in [1.54, 1.807) is 12.3 Å². The van der Waals surface area contributed by atoms with Crippen molar-refractivity contribution in [2.75, 3.05) is 18.5 Å². The molecule has 0 saturated heterocycles. The van der Waals surface area contributed by atoms with Crippen LogP contribution in [0.15, 0.2) is 18.3 Å². The molecule has 1 aromatic rings. The second-order valence-corrected chi connectivity index (χ2v) is 4.48. The first-order valence-electron chi connectivity index (χ1n) is 5.62. The van der Waals surface area contributed by atoms with E-state index in [-0.39, 0.29) is 12.0 Å². The number of aromatic nitrogens is 1. The van der Waals surface area contributed by atoms with Crippen molar-refractivity contribution in [3.8, 4) is 0 Å². The number of hydrogen-bond donors (Lipinski definition) is 2. The number of aliphatic hydroxyl groups excluding tert-OH is 1. The summed E-state index contributed by atoms with van der Waals surface area (Å²) in [4.78, 5) is 4.00. The van der Waals surface area contributed by atoms with Crippen molar-refractivity contribution >= 4 is 17.3 Å². The van der Waals surface area contributed by atoms with Crippen LogP contribution in [-0.4, -0.2) is 23.2 Å². The van der Waals surface area contributed by atoms with Gasteiger partial charge >= 0.3 is 0 Å². The van der Waals surface area contributed by atoms with E-state index in [0.29, 0.717) is 5.15 Å². The van der Waals surface area contributed by atoms with Gasteiger partial charge in [0.05, 0.1) is 18.5 Å². The van der Waals surface area contributed by atoms with Gasteiger partial charge in [-0.05, 0) is 25.0 Å². The number of nitrogens with zero attached hydrogens (tertiary/aromatic N) is 1.